The zero-order valence-corrected chi connectivity index (χ0v) is 19.1. The SMILES string of the molecule is O=c1c2c(-c3ccc4c(c3)CCCC4)csc2ncn1CCOc1cccc2ccccc12. The highest BCUT2D eigenvalue weighted by Gasteiger charge is 2.16. The molecule has 1 aliphatic rings. The minimum Gasteiger partial charge on any atom is -0.491 e. The largest absolute Gasteiger partial charge is 0.491 e. The van der Waals surface area contributed by atoms with E-state index in [-0.39, 0.29) is 5.56 Å². The number of nitrogens with zero attached hydrogens (tertiary/aromatic N) is 2. The lowest BCUT2D eigenvalue weighted by Crippen LogP contribution is -2.23. The second-order valence-corrected chi connectivity index (χ2v) is 9.45. The van der Waals surface area contributed by atoms with Gasteiger partial charge in [-0.15, -0.1) is 11.3 Å². The monoisotopic (exact) mass is 452 g/mol. The molecule has 0 amide bonds. The molecule has 164 valence electrons. The Balaban J connectivity index is 1.29. The first kappa shape index (κ1) is 20.2. The van der Waals surface area contributed by atoms with E-state index >= 15 is 0 Å². The van der Waals surface area contributed by atoms with Crippen molar-refractivity contribution in [2.45, 2.75) is 32.2 Å². The molecular formula is C28H24N2O2S. The predicted octanol–water partition coefficient (Wildman–Crippen LogP) is 6.24. The summed E-state index contributed by atoms with van der Waals surface area (Å²) < 4.78 is 7.73. The van der Waals surface area contributed by atoms with E-state index in [1.807, 2.05) is 24.3 Å². The van der Waals surface area contributed by atoms with Crippen LogP contribution in [0.2, 0.25) is 0 Å². The van der Waals surface area contributed by atoms with Crippen molar-refractivity contribution in [3.8, 4) is 16.9 Å². The van der Waals surface area contributed by atoms with Gasteiger partial charge in [-0.25, -0.2) is 4.98 Å². The molecule has 4 nitrogen and oxygen atoms in total. The van der Waals surface area contributed by atoms with E-state index in [2.05, 4.69) is 46.8 Å². The average molecular weight is 453 g/mol. The van der Waals surface area contributed by atoms with Gasteiger partial charge in [-0.1, -0.05) is 54.6 Å². The lowest BCUT2D eigenvalue weighted by molar-refractivity contribution is 0.299. The fourth-order valence-electron chi connectivity index (χ4n) is 4.82. The number of benzene rings is 3. The minimum absolute atomic E-state index is 0.00418. The second-order valence-electron chi connectivity index (χ2n) is 8.59. The highest BCUT2D eigenvalue weighted by Crippen LogP contribution is 2.33. The fourth-order valence-corrected chi connectivity index (χ4v) is 5.72. The third kappa shape index (κ3) is 3.72. The first-order valence-electron chi connectivity index (χ1n) is 11.5. The van der Waals surface area contributed by atoms with Gasteiger partial charge in [0.25, 0.3) is 5.56 Å². The summed E-state index contributed by atoms with van der Waals surface area (Å²) in [4.78, 5) is 18.8. The van der Waals surface area contributed by atoms with Gasteiger partial charge in [-0.05, 0) is 53.8 Å². The van der Waals surface area contributed by atoms with Crippen molar-refractivity contribution >= 4 is 32.3 Å². The van der Waals surface area contributed by atoms with Crippen molar-refractivity contribution in [3.05, 3.63) is 93.9 Å². The van der Waals surface area contributed by atoms with Crippen LogP contribution in [0.25, 0.3) is 32.1 Å². The lowest BCUT2D eigenvalue weighted by atomic mass is 9.89. The Morgan fingerprint density at radius 1 is 0.970 bits per heavy atom. The molecule has 0 saturated carbocycles. The number of hydrogen-bond acceptors (Lipinski definition) is 4. The Morgan fingerprint density at radius 3 is 2.76 bits per heavy atom. The van der Waals surface area contributed by atoms with Crippen molar-refractivity contribution < 1.29 is 4.74 Å². The molecule has 0 spiro atoms. The molecule has 2 heterocycles. The summed E-state index contributed by atoms with van der Waals surface area (Å²) in [7, 11) is 0. The number of thiophene rings is 1. The zero-order valence-electron chi connectivity index (χ0n) is 18.3. The molecule has 2 aromatic heterocycles. The third-order valence-electron chi connectivity index (χ3n) is 6.56. The van der Waals surface area contributed by atoms with Gasteiger partial charge in [0.05, 0.1) is 18.3 Å². The first-order chi connectivity index (χ1) is 16.3. The van der Waals surface area contributed by atoms with Crippen LogP contribution in [0.5, 0.6) is 5.75 Å². The summed E-state index contributed by atoms with van der Waals surface area (Å²) in [6.07, 6.45) is 6.43. The van der Waals surface area contributed by atoms with Crippen LogP contribution in [0.3, 0.4) is 0 Å². The van der Waals surface area contributed by atoms with Crippen LogP contribution >= 0.6 is 11.3 Å². The number of ether oxygens (including phenoxy) is 1. The molecule has 33 heavy (non-hydrogen) atoms. The predicted molar refractivity (Wildman–Crippen MR) is 135 cm³/mol. The molecule has 3 aromatic carbocycles. The Hall–Kier alpha value is -3.44. The average Bonchev–Trinajstić information content (AvgIpc) is 3.30. The summed E-state index contributed by atoms with van der Waals surface area (Å²) in [6.45, 7) is 0.851. The molecule has 0 saturated heterocycles. The van der Waals surface area contributed by atoms with Crippen LogP contribution in [0, 0.1) is 0 Å². The van der Waals surface area contributed by atoms with E-state index in [9.17, 15) is 4.79 Å². The first-order valence-corrected chi connectivity index (χ1v) is 12.4. The van der Waals surface area contributed by atoms with E-state index in [1.54, 1.807) is 10.9 Å². The standard InChI is InChI=1S/C28H24N2O2S/c31-28-26-24(22-13-12-19-6-1-2-8-21(19)16-22)17-33-27(26)29-18-30(28)14-15-32-25-11-5-9-20-7-3-4-10-23(20)25/h3-5,7,9-13,16-18H,1-2,6,8,14-15H2. The summed E-state index contributed by atoms with van der Waals surface area (Å²) in [5.41, 5.74) is 4.97. The Bertz CT molecular complexity index is 1530. The molecule has 0 atom stereocenters. The van der Waals surface area contributed by atoms with Gasteiger partial charge in [-0.2, -0.15) is 0 Å². The second kappa shape index (κ2) is 8.49. The van der Waals surface area contributed by atoms with Gasteiger partial charge in [0, 0.05) is 16.3 Å². The quantitative estimate of drug-likeness (QED) is 0.317. The van der Waals surface area contributed by atoms with Crippen LogP contribution in [-0.4, -0.2) is 16.2 Å². The maximum atomic E-state index is 13.4. The van der Waals surface area contributed by atoms with E-state index in [0.717, 1.165) is 45.3 Å². The Labute approximate surface area is 196 Å². The van der Waals surface area contributed by atoms with Gasteiger partial charge in [0.1, 0.15) is 17.2 Å². The van der Waals surface area contributed by atoms with Gasteiger partial charge < -0.3 is 4.74 Å². The highest BCUT2D eigenvalue weighted by atomic mass is 32.1. The van der Waals surface area contributed by atoms with Gasteiger partial charge in [0.2, 0.25) is 0 Å². The zero-order chi connectivity index (χ0) is 22.2. The van der Waals surface area contributed by atoms with E-state index in [4.69, 9.17) is 4.74 Å². The molecule has 0 radical (unpaired) electrons. The number of rotatable bonds is 5. The van der Waals surface area contributed by atoms with E-state index < -0.39 is 0 Å². The van der Waals surface area contributed by atoms with Gasteiger partial charge in [-0.3, -0.25) is 9.36 Å². The van der Waals surface area contributed by atoms with Crippen molar-refractivity contribution in [2.75, 3.05) is 6.61 Å². The highest BCUT2D eigenvalue weighted by molar-refractivity contribution is 7.17. The van der Waals surface area contributed by atoms with Crippen molar-refractivity contribution in [2.24, 2.45) is 0 Å². The van der Waals surface area contributed by atoms with Gasteiger partial charge in [0.15, 0.2) is 0 Å². The van der Waals surface area contributed by atoms with Crippen LogP contribution in [0.1, 0.15) is 24.0 Å². The smallest absolute Gasteiger partial charge is 0.262 e. The Kier molecular flexibility index (Phi) is 5.19. The third-order valence-corrected chi connectivity index (χ3v) is 7.45. The minimum atomic E-state index is -0.00418. The molecule has 0 fully saturated rings. The molecular weight excluding hydrogens is 428 g/mol. The lowest BCUT2D eigenvalue weighted by Gasteiger charge is -2.16. The maximum absolute atomic E-state index is 13.4. The summed E-state index contributed by atoms with van der Waals surface area (Å²) in [6, 6.07) is 20.9. The van der Waals surface area contributed by atoms with E-state index in [0.29, 0.717) is 18.5 Å². The molecule has 6 rings (SSSR count). The molecule has 0 bridgehead atoms. The molecule has 5 aromatic rings. The van der Waals surface area contributed by atoms with Crippen LogP contribution in [-0.2, 0) is 19.4 Å². The fraction of sp³-hybridized carbons (Fsp3) is 0.214. The molecule has 5 heteroatoms. The number of fused-ring (bicyclic) bond motifs is 3. The summed E-state index contributed by atoms with van der Waals surface area (Å²) in [5, 5.41) is 5.00. The summed E-state index contributed by atoms with van der Waals surface area (Å²) >= 11 is 1.54. The number of aromatic nitrogens is 2. The normalized spacial score (nSPS) is 13.3. The topological polar surface area (TPSA) is 44.1 Å². The number of aryl methyl sites for hydroxylation is 2. The molecule has 0 unspecified atom stereocenters. The summed E-state index contributed by atoms with van der Waals surface area (Å²) in [5.74, 6) is 0.834. The van der Waals surface area contributed by atoms with Crippen LogP contribution in [0.4, 0.5) is 0 Å². The molecule has 1 aliphatic carbocycles. The van der Waals surface area contributed by atoms with Crippen LogP contribution in [0.15, 0.2) is 77.2 Å². The number of hydrogen-bond donors (Lipinski definition) is 0. The van der Waals surface area contributed by atoms with Gasteiger partial charge >= 0.3 is 0 Å². The molecule has 0 aliphatic heterocycles. The van der Waals surface area contributed by atoms with Crippen molar-refractivity contribution in [1.82, 2.24) is 9.55 Å². The maximum Gasteiger partial charge on any atom is 0.262 e. The molecule has 0 N–H and O–H groups in total. The van der Waals surface area contributed by atoms with Crippen LogP contribution < -0.4 is 10.3 Å². The Morgan fingerprint density at radius 2 is 1.82 bits per heavy atom. The van der Waals surface area contributed by atoms with Crippen molar-refractivity contribution in [3.63, 3.8) is 0 Å². The van der Waals surface area contributed by atoms with Crippen molar-refractivity contribution in [1.29, 1.82) is 0 Å². The van der Waals surface area contributed by atoms with E-state index in [1.165, 1.54) is 35.3 Å².